The summed E-state index contributed by atoms with van der Waals surface area (Å²) >= 11 is 1.21. The third kappa shape index (κ3) is 1.85. The van der Waals surface area contributed by atoms with Crippen LogP contribution in [0.25, 0.3) is 0 Å². The van der Waals surface area contributed by atoms with Gasteiger partial charge in [-0.3, -0.25) is 13.9 Å². The Morgan fingerprint density at radius 2 is 2.33 bits per heavy atom. The van der Waals surface area contributed by atoms with E-state index in [1.165, 1.54) is 16.7 Å². The normalized spacial score (nSPS) is 26.1. The third-order valence-electron chi connectivity index (χ3n) is 2.54. The first-order valence-electron chi connectivity index (χ1n) is 5.21. The molecule has 0 aromatic carbocycles. The van der Waals surface area contributed by atoms with Crippen molar-refractivity contribution in [1.29, 1.82) is 0 Å². The predicted molar refractivity (Wildman–Crippen MR) is 66.8 cm³/mol. The number of hydrogen-bond donors (Lipinski definition) is 1. The van der Waals surface area contributed by atoms with E-state index in [2.05, 4.69) is 4.74 Å². The van der Waals surface area contributed by atoms with Crippen LogP contribution in [0.3, 0.4) is 0 Å². The Kier molecular flexibility index (Phi) is 3.49. The average Bonchev–Trinajstić information content (AvgIpc) is 2.62. The van der Waals surface area contributed by atoms with Crippen molar-refractivity contribution in [2.24, 2.45) is 0 Å². The number of hydrogen-bond acceptors (Lipinski definition) is 5. The first kappa shape index (κ1) is 13.2. The number of carboxylic acid groups (broad SMARTS) is 1. The van der Waals surface area contributed by atoms with Gasteiger partial charge in [-0.15, -0.1) is 0 Å². The number of thioether (sulfide) groups is 1. The predicted octanol–water partition coefficient (Wildman–Crippen LogP) is 1.44. The van der Waals surface area contributed by atoms with E-state index in [0.717, 1.165) is 0 Å². The summed E-state index contributed by atoms with van der Waals surface area (Å²) in [6, 6.07) is 0. The van der Waals surface area contributed by atoms with E-state index >= 15 is 0 Å². The van der Waals surface area contributed by atoms with Crippen molar-refractivity contribution in [2.75, 3.05) is 5.75 Å². The van der Waals surface area contributed by atoms with Crippen LogP contribution >= 0.6 is 11.8 Å². The van der Waals surface area contributed by atoms with Crippen molar-refractivity contribution in [1.82, 2.24) is 4.90 Å². The number of β-lactam (4-membered cyclic amide) rings is 1. The fourth-order valence-electron chi connectivity index (χ4n) is 1.71. The number of allylic oxidation sites excluding steroid dienone is 1. The van der Waals surface area contributed by atoms with Crippen molar-refractivity contribution >= 4 is 34.6 Å². The van der Waals surface area contributed by atoms with E-state index < -0.39 is 17.0 Å². The molecule has 0 aliphatic carbocycles. The lowest BCUT2D eigenvalue weighted by atomic mass is 10.1. The molecule has 1 amide bonds. The molecule has 2 atom stereocenters. The molecular formula is C10H11NO5S2. The number of fused-ring (bicyclic) bond motifs is 1. The van der Waals surface area contributed by atoms with E-state index in [4.69, 9.17) is 5.11 Å². The molecule has 1 fully saturated rings. The fourth-order valence-corrected chi connectivity index (χ4v) is 4.47. The highest BCUT2D eigenvalue weighted by Gasteiger charge is 2.52. The number of carbonyl (C=O) groups excluding carboxylic acids is 1. The van der Waals surface area contributed by atoms with Crippen LogP contribution in [0.15, 0.2) is 21.8 Å². The number of nitrogens with zero attached hydrogens (tertiary/aromatic N) is 1. The Morgan fingerprint density at radius 1 is 1.67 bits per heavy atom. The van der Waals surface area contributed by atoms with Crippen molar-refractivity contribution < 1.29 is 23.6 Å². The van der Waals surface area contributed by atoms with Gasteiger partial charge in [0.25, 0.3) is 5.91 Å². The molecule has 0 spiro atoms. The maximum Gasteiger partial charge on any atom is 0.512 e. The van der Waals surface area contributed by atoms with Gasteiger partial charge < -0.3 is 9.84 Å². The Balaban J connectivity index is 2.36. The molecule has 1 unspecified atom stereocenters. The number of carbonyl (C=O) groups is 2. The molecule has 2 aliphatic rings. The minimum Gasteiger partial charge on any atom is -0.449 e. The summed E-state index contributed by atoms with van der Waals surface area (Å²) in [6.45, 7) is 3.45. The third-order valence-corrected chi connectivity index (χ3v) is 5.58. The van der Waals surface area contributed by atoms with Crippen molar-refractivity contribution in [3.63, 3.8) is 0 Å². The molecular weight excluding hydrogens is 278 g/mol. The molecule has 2 aliphatic heterocycles. The largest absolute Gasteiger partial charge is 0.512 e. The van der Waals surface area contributed by atoms with Gasteiger partial charge in [0.1, 0.15) is 9.61 Å². The van der Waals surface area contributed by atoms with Gasteiger partial charge in [0.2, 0.25) is 5.88 Å². The molecule has 2 heterocycles. The molecule has 0 aromatic rings. The van der Waals surface area contributed by atoms with E-state index in [1.54, 1.807) is 19.9 Å². The zero-order valence-corrected chi connectivity index (χ0v) is 11.3. The van der Waals surface area contributed by atoms with Crippen LogP contribution in [0.2, 0.25) is 0 Å². The second kappa shape index (κ2) is 4.77. The zero-order chi connectivity index (χ0) is 13.4. The van der Waals surface area contributed by atoms with E-state index in [9.17, 15) is 13.8 Å². The molecule has 0 saturated carbocycles. The minimum absolute atomic E-state index is 0.103. The van der Waals surface area contributed by atoms with Gasteiger partial charge in [-0.05, 0) is 6.92 Å². The van der Waals surface area contributed by atoms with Gasteiger partial charge in [-0.1, -0.05) is 24.8 Å². The van der Waals surface area contributed by atoms with Crippen LogP contribution < -0.4 is 0 Å². The Morgan fingerprint density at radius 3 is 2.83 bits per heavy atom. The SMILES string of the molecule is CC=C1C(=O)N2C(OC(=O)O)=C(S(=O)CC)S[C@@H]12. The van der Waals surface area contributed by atoms with Gasteiger partial charge in [-0.2, -0.15) is 0 Å². The minimum atomic E-state index is -1.52. The van der Waals surface area contributed by atoms with Crippen molar-refractivity contribution in [3.8, 4) is 0 Å². The van der Waals surface area contributed by atoms with Crippen LogP contribution in [0.1, 0.15) is 13.8 Å². The monoisotopic (exact) mass is 289 g/mol. The molecule has 2 rings (SSSR count). The van der Waals surface area contributed by atoms with E-state index in [0.29, 0.717) is 15.6 Å². The maximum atomic E-state index is 11.8. The maximum absolute atomic E-state index is 11.8. The van der Waals surface area contributed by atoms with Crippen LogP contribution in [-0.2, 0) is 20.3 Å². The molecule has 1 N–H and O–H groups in total. The van der Waals surface area contributed by atoms with Gasteiger partial charge in [0.15, 0.2) is 0 Å². The summed E-state index contributed by atoms with van der Waals surface area (Å²) in [4.78, 5) is 23.6. The van der Waals surface area contributed by atoms with Crippen molar-refractivity contribution in [3.05, 3.63) is 21.8 Å². The fraction of sp³-hybridized carbons (Fsp3) is 0.400. The lowest BCUT2D eigenvalue weighted by molar-refractivity contribution is -0.133. The highest BCUT2D eigenvalue weighted by Crippen LogP contribution is 2.50. The topological polar surface area (TPSA) is 83.9 Å². The smallest absolute Gasteiger partial charge is 0.449 e. The van der Waals surface area contributed by atoms with Gasteiger partial charge in [0.05, 0.1) is 10.8 Å². The first-order chi connectivity index (χ1) is 8.51. The lowest BCUT2D eigenvalue weighted by Crippen LogP contribution is -2.50. The summed E-state index contributed by atoms with van der Waals surface area (Å²) < 4.78 is 16.7. The van der Waals surface area contributed by atoms with Crippen LogP contribution in [0.4, 0.5) is 4.79 Å². The highest BCUT2D eigenvalue weighted by molar-refractivity contribution is 8.17. The van der Waals surface area contributed by atoms with Crippen LogP contribution in [0.5, 0.6) is 0 Å². The second-order valence-electron chi connectivity index (χ2n) is 3.48. The van der Waals surface area contributed by atoms with E-state index in [1.807, 2.05) is 0 Å². The zero-order valence-electron chi connectivity index (χ0n) is 9.71. The Labute approximate surface area is 110 Å². The quantitative estimate of drug-likeness (QED) is 0.481. The summed E-state index contributed by atoms with van der Waals surface area (Å²) in [6.07, 6.45) is 0.158. The van der Waals surface area contributed by atoms with E-state index in [-0.39, 0.29) is 17.2 Å². The second-order valence-corrected chi connectivity index (χ2v) is 6.51. The Hall–Kier alpha value is -1.28. The molecule has 0 radical (unpaired) electrons. The standard InChI is InChI=1S/C10H11NO5S2/c1-3-5-6(12)11-7(16-10(13)14)9(17-8(5)11)18(15)4-2/h3,8H,4H2,1-2H3,(H,13,14)/t8-,18?/m0/s1. The molecule has 6 nitrogen and oxygen atoms in total. The molecule has 0 aromatic heterocycles. The molecule has 1 saturated heterocycles. The van der Waals surface area contributed by atoms with Crippen LogP contribution in [0, 0.1) is 0 Å². The van der Waals surface area contributed by atoms with Gasteiger partial charge >= 0.3 is 6.16 Å². The van der Waals surface area contributed by atoms with Crippen LogP contribution in [-0.4, -0.2) is 37.4 Å². The summed E-state index contributed by atoms with van der Waals surface area (Å²) in [5.74, 6) is -0.0583. The molecule has 0 bridgehead atoms. The number of amides is 1. The molecule has 18 heavy (non-hydrogen) atoms. The first-order valence-corrected chi connectivity index (χ1v) is 7.41. The summed E-state index contributed by atoms with van der Waals surface area (Å²) in [5, 5.41) is 8.36. The molecule has 98 valence electrons. The lowest BCUT2D eigenvalue weighted by Gasteiger charge is -2.36. The molecule has 8 heteroatoms. The average molecular weight is 289 g/mol. The summed E-state index contributed by atoms with van der Waals surface area (Å²) in [7, 11) is -1.35. The van der Waals surface area contributed by atoms with Crippen molar-refractivity contribution in [2.45, 2.75) is 19.2 Å². The summed E-state index contributed by atoms with van der Waals surface area (Å²) in [5.41, 5.74) is 0.578. The van der Waals surface area contributed by atoms with Gasteiger partial charge in [-0.25, -0.2) is 4.79 Å². The number of rotatable bonds is 3. The highest BCUT2D eigenvalue weighted by atomic mass is 32.2. The number of ether oxygens (including phenoxy) is 1. The Bertz CT molecular complexity index is 510. The van der Waals surface area contributed by atoms with Gasteiger partial charge in [0, 0.05) is 11.3 Å².